The van der Waals surface area contributed by atoms with Gasteiger partial charge in [-0.15, -0.1) is 0 Å². The highest BCUT2D eigenvalue weighted by atomic mass is 35.5. The third-order valence-corrected chi connectivity index (χ3v) is 2.85. The number of phenolic OH excluding ortho intramolecular Hbond substituents is 1. The Morgan fingerprint density at radius 2 is 1.45 bits per heavy atom. The molecule has 0 aliphatic carbocycles. The number of aromatic hydroxyl groups is 1. The molecule has 0 bridgehead atoms. The molecule has 0 spiro atoms. The highest BCUT2D eigenvalue weighted by Crippen LogP contribution is 2.30. The highest BCUT2D eigenvalue weighted by molar-refractivity contribution is 6.32. The molecule has 2 rings (SSSR count). The number of esters is 1. The molecule has 0 radical (unpaired) electrons. The standard InChI is InChI=1S/C13H4ClF5O3/c14-5-3-4(1-2-6(5)20)13(21)22-12-10(18)8(16)7(15)9(17)11(12)19/h1-3,20H. The van der Waals surface area contributed by atoms with Crippen molar-refractivity contribution in [2.45, 2.75) is 0 Å². The maximum atomic E-state index is 13.4. The molecule has 22 heavy (non-hydrogen) atoms. The van der Waals surface area contributed by atoms with E-state index in [9.17, 15) is 26.7 Å². The number of ether oxygens (including phenoxy) is 1. The second-order valence-electron chi connectivity index (χ2n) is 3.95. The van der Waals surface area contributed by atoms with E-state index in [1.807, 2.05) is 0 Å². The maximum absolute atomic E-state index is 13.4. The summed E-state index contributed by atoms with van der Waals surface area (Å²) in [5, 5.41) is 8.89. The van der Waals surface area contributed by atoms with Crippen molar-refractivity contribution in [3.05, 3.63) is 57.9 Å². The van der Waals surface area contributed by atoms with Crippen molar-refractivity contribution in [3.63, 3.8) is 0 Å². The molecule has 1 N–H and O–H groups in total. The molecule has 0 aliphatic heterocycles. The number of halogens is 6. The molecule has 3 nitrogen and oxygen atoms in total. The Morgan fingerprint density at radius 1 is 0.955 bits per heavy atom. The Hall–Kier alpha value is -2.35. The molecule has 0 amide bonds. The Morgan fingerprint density at radius 3 is 1.95 bits per heavy atom. The largest absolute Gasteiger partial charge is 0.506 e. The van der Waals surface area contributed by atoms with Gasteiger partial charge in [0.15, 0.2) is 0 Å². The quantitative estimate of drug-likeness (QED) is 0.296. The summed E-state index contributed by atoms with van der Waals surface area (Å²) >= 11 is 5.52. The molecule has 0 unspecified atom stereocenters. The Bertz CT molecular complexity index is 750. The van der Waals surface area contributed by atoms with Crippen molar-refractivity contribution in [2.24, 2.45) is 0 Å². The molecule has 2 aromatic carbocycles. The second kappa shape index (κ2) is 5.80. The maximum Gasteiger partial charge on any atom is 0.343 e. The first kappa shape index (κ1) is 16.0. The first-order chi connectivity index (χ1) is 10.2. The van der Waals surface area contributed by atoms with E-state index in [2.05, 4.69) is 4.74 Å². The molecule has 0 aromatic heterocycles. The lowest BCUT2D eigenvalue weighted by Gasteiger charge is -2.09. The molecule has 116 valence electrons. The topological polar surface area (TPSA) is 46.5 Å². The number of hydrogen-bond donors (Lipinski definition) is 1. The molecule has 0 saturated heterocycles. The SMILES string of the molecule is O=C(Oc1c(F)c(F)c(F)c(F)c1F)c1ccc(O)c(Cl)c1. The summed E-state index contributed by atoms with van der Waals surface area (Å²) in [6.07, 6.45) is 0. The molecule has 0 fully saturated rings. The fraction of sp³-hybridized carbons (Fsp3) is 0. The zero-order valence-corrected chi connectivity index (χ0v) is 11.0. The molecule has 9 heteroatoms. The van der Waals surface area contributed by atoms with Crippen LogP contribution >= 0.6 is 11.6 Å². The molecule has 0 aliphatic rings. The summed E-state index contributed by atoms with van der Waals surface area (Å²) in [7, 11) is 0. The number of hydrogen-bond acceptors (Lipinski definition) is 3. The Labute approximate surface area is 124 Å². The number of carbonyl (C=O) groups is 1. The first-order valence-corrected chi connectivity index (χ1v) is 5.84. The second-order valence-corrected chi connectivity index (χ2v) is 4.36. The van der Waals surface area contributed by atoms with Gasteiger partial charge in [0.1, 0.15) is 5.75 Å². The normalized spacial score (nSPS) is 10.6. The summed E-state index contributed by atoms with van der Waals surface area (Å²) in [4.78, 5) is 11.7. The average Bonchev–Trinajstić information content (AvgIpc) is 2.50. The predicted molar refractivity (Wildman–Crippen MR) is 64.3 cm³/mol. The van der Waals surface area contributed by atoms with Gasteiger partial charge in [-0.05, 0) is 18.2 Å². The van der Waals surface area contributed by atoms with Gasteiger partial charge >= 0.3 is 5.97 Å². The molecule has 0 saturated carbocycles. The van der Waals surface area contributed by atoms with E-state index in [1.165, 1.54) is 0 Å². The van der Waals surface area contributed by atoms with Crippen LogP contribution in [0.2, 0.25) is 5.02 Å². The van der Waals surface area contributed by atoms with Crippen LogP contribution in [0.15, 0.2) is 18.2 Å². The number of carbonyl (C=O) groups excluding carboxylic acids is 1. The molecule has 0 heterocycles. The van der Waals surface area contributed by atoms with Gasteiger partial charge in [0.25, 0.3) is 0 Å². The summed E-state index contributed by atoms with van der Waals surface area (Å²) in [6, 6.07) is 2.86. The van der Waals surface area contributed by atoms with E-state index in [1.54, 1.807) is 0 Å². The summed E-state index contributed by atoms with van der Waals surface area (Å²) < 4.78 is 69.7. The Balaban J connectivity index is 2.42. The van der Waals surface area contributed by atoms with E-state index in [0.29, 0.717) is 0 Å². The van der Waals surface area contributed by atoms with E-state index < -0.39 is 40.8 Å². The van der Waals surface area contributed by atoms with Gasteiger partial charge in [0.05, 0.1) is 10.6 Å². The molecular formula is C13H4ClF5O3. The van der Waals surface area contributed by atoms with E-state index >= 15 is 0 Å². The number of rotatable bonds is 2. The zero-order chi connectivity index (χ0) is 16.6. The van der Waals surface area contributed by atoms with Gasteiger partial charge < -0.3 is 9.84 Å². The van der Waals surface area contributed by atoms with Crippen molar-refractivity contribution in [2.75, 3.05) is 0 Å². The van der Waals surface area contributed by atoms with Crippen LogP contribution in [-0.4, -0.2) is 11.1 Å². The van der Waals surface area contributed by atoms with Gasteiger partial charge in [-0.2, -0.15) is 8.78 Å². The first-order valence-electron chi connectivity index (χ1n) is 5.46. The van der Waals surface area contributed by atoms with E-state index in [-0.39, 0.29) is 16.3 Å². The molecular weight excluding hydrogens is 335 g/mol. The van der Waals surface area contributed by atoms with Crippen molar-refractivity contribution in [1.82, 2.24) is 0 Å². The average molecular weight is 339 g/mol. The van der Waals surface area contributed by atoms with Crippen molar-refractivity contribution < 1.29 is 36.6 Å². The smallest absolute Gasteiger partial charge is 0.343 e. The summed E-state index contributed by atoms with van der Waals surface area (Å²) in [5.41, 5.74) is -0.369. The van der Waals surface area contributed by atoms with Crippen molar-refractivity contribution in [3.8, 4) is 11.5 Å². The van der Waals surface area contributed by atoms with Gasteiger partial charge in [0.2, 0.25) is 34.8 Å². The monoisotopic (exact) mass is 338 g/mol. The fourth-order valence-electron chi connectivity index (χ4n) is 1.46. The minimum atomic E-state index is -2.37. The van der Waals surface area contributed by atoms with Crippen LogP contribution < -0.4 is 4.74 Å². The minimum absolute atomic E-state index is 0.271. The third-order valence-electron chi connectivity index (χ3n) is 2.55. The highest BCUT2D eigenvalue weighted by Gasteiger charge is 2.28. The van der Waals surface area contributed by atoms with Gasteiger partial charge in [0, 0.05) is 0 Å². The van der Waals surface area contributed by atoms with Gasteiger partial charge in [-0.25, -0.2) is 18.0 Å². The van der Waals surface area contributed by atoms with Crippen LogP contribution in [0, 0.1) is 29.1 Å². The van der Waals surface area contributed by atoms with Crippen LogP contribution in [0.5, 0.6) is 11.5 Å². The lowest BCUT2D eigenvalue weighted by atomic mass is 10.2. The van der Waals surface area contributed by atoms with Gasteiger partial charge in [-0.1, -0.05) is 11.6 Å². The van der Waals surface area contributed by atoms with Crippen LogP contribution in [-0.2, 0) is 0 Å². The third kappa shape index (κ3) is 2.69. The minimum Gasteiger partial charge on any atom is -0.506 e. The number of phenols is 1. The van der Waals surface area contributed by atoms with Crippen LogP contribution in [0.25, 0.3) is 0 Å². The summed E-state index contributed by atoms with van der Waals surface area (Å²) in [6.45, 7) is 0. The number of benzene rings is 2. The van der Waals surface area contributed by atoms with Crippen LogP contribution in [0.1, 0.15) is 10.4 Å². The molecule has 0 atom stereocenters. The van der Waals surface area contributed by atoms with Crippen molar-refractivity contribution >= 4 is 17.6 Å². The van der Waals surface area contributed by atoms with Crippen LogP contribution in [0.3, 0.4) is 0 Å². The lowest BCUT2D eigenvalue weighted by molar-refractivity contribution is 0.0716. The van der Waals surface area contributed by atoms with E-state index in [0.717, 1.165) is 18.2 Å². The Kier molecular flexibility index (Phi) is 4.23. The molecule has 2 aromatic rings. The zero-order valence-electron chi connectivity index (χ0n) is 10.3. The predicted octanol–water partition coefficient (Wildman–Crippen LogP) is 3.96. The fourth-order valence-corrected chi connectivity index (χ4v) is 1.64. The van der Waals surface area contributed by atoms with E-state index in [4.69, 9.17) is 16.7 Å². The summed E-state index contributed by atoms with van der Waals surface area (Å²) in [5.74, 6) is -15.0. The lowest BCUT2D eigenvalue weighted by Crippen LogP contribution is -2.13. The van der Waals surface area contributed by atoms with Crippen molar-refractivity contribution in [1.29, 1.82) is 0 Å². The van der Waals surface area contributed by atoms with Crippen LogP contribution in [0.4, 0.5) is 22.0 Å². The van der Waals surface area contributed by atoms with Gasteiger partial charge in [-0.3, -0.25) is 0 Å².